The third-order valence-corrected chi connectivity index (χ3v) is 3.51. The number of H-pyrrole nitrogens is 1. The van der Waals surface area contributed by atoms with E-state index in [4.69, 9.17) is 11.5 Å². The third-order valence-electron chi connectivity index (χ3n) is 3.51. The molecule has 1 amide bonds. The number of carbonyl (C=O) groups excluding carboxylic acids is 1. The quantitative estimate of drug-likeness (QED) is 0.571. The van der Waals surface area contributed by atoms with Gasteiger partial charge in [-0.25, -0.2) is 9.97 Å². The van der Waals surface area contributed by atoms with E-state index >= 15 is 0 Å². The zero-order valence-corrected chi connectivity index (χ0v) is 14.7. The fourth-order valence-corrected chi connectivity index (χ4v) is 2.48. The number of hydrogen-bond acceptors (Lipinski definition) is 7. The molecule has 0 aliphatic carbocycles. The van der Waals surface area contributed by atoms with Gasteiger partial charge in [-0.05, 0) is 26.8 Å². The van der Waals surface area contributed by atoms with Crippen LogP contribution in [0.15, 0.2) is 29.2 Å². The number of hydrogen-bond donors (Lipinski definition) is 3. The number of nitrogens with two attached hydrogens (primary N) is 2. The summed E-state index contributed by atoms with van der Waals surface area (Å²) in [5, 5.41) is 7.02. The van der Waals surface area contributed by atoms with Gasteiger partial charge in [-0.15, -0.1) is 0 Å². The van der Waals surface area contributed by atoms with Crippen LogP contribution in [0.2, 0.25) is 0 Å². The Morgan fingerprint density at radius 3 is 2.81 bits per heavy atom. The molecule has 0 aliphatic heterocycles. The van der Waals surface area contributed by atoms with Crippen LogP contribution in [0.25, 0.3) is 17.0 Å². The molecule has 3 heterocycles. The number of allylic oxidation sites excluding steroid dienone is 2. The maximum absolute atomic E-state index is 11.7. The lowest BCUT2D eigenvalue weighted by Gasteiger charge is -1.98. The first-order valence-electron chi connectivity index (χ1n) is 7.96. The van der Waals surface area contributed by atoms with E-state index < -0.39 is 5.91 Å². The number of rotatable bonds is 5. The van der Waals surface area contributed by atoms with Crippen molar-refractivity contribution in [2.24, 2.45) is 16.5 Å². The van der Waals surface area contributed by atoms with Crippen molar-refractivity contribution in [2.45, 2.75) is 20.8 Å². The topological polar surface area (TPSA) is 153 Å². The summed E-state index contributed by atoms with van der Waals surface area (Å²) in [6, 6.07) is 0. The van der Waals surface area contributed by atoms with E-state index in [2.05, 4.69) is 30.1 Å². The van der Waals surface area contributed by atoms with Gasteiger partial charge in [-0.3, -0.25) is 24.3 Å². The minimum absolute atomic E-state index is 0.0959. The van der Waals surface area contributed by atoms with Crippen LogP contribution >= 0.6 is 0 Å². The molecule has 0 saturated heterocycles. The average molecular weight is 353 g/mol. The van der Waals surface area contributed by atoms with Gasteiger partial charge < -0.3 is 11.5 Å². The van der Waals surface area contributed by atoms with Crippen molar-refractivity contribution in [1.82, 2.24) is 29.5 Å². The van der Waals surface area contributed by atoms with Gasteiger partial charge in [0.05, 0.1) is 17.4 Å². The number of aromatic amines is 1. The molecular weight excluding hydrogens is 334 g/mol. The molecule has 0 unspecified atom stereocenters. The predicted octanol–water partition coefficient (Wildman–Crippen LogP) is 0.593. The van der Waals surface area contributed by atoms with E-state index in [-0.39, 0.29) is 5.82 Å². The van der Waals surface area contributed by atoms with Crippen LogP contribution in [-0.2, 0) is 0 Å². The minimum atomic E-state index is -0.647. The van der Waals surface area contributed by atoms with Crippen molar-refractivity contribution >= 4 is 17.1 Å². The molecule has 0 atom stereocenters. The summed E-state index contributed by atoms with van der Waals surface area (Å²) in [5.74, 6) is 0.209. The maximum atomic E-state index is 11.7. The number of imidazole rings is 1. The van der Waals surface area contributed by atoms with Gasteiger partial charge in [0.25, 0.3) is 5.91 Å². The number of fused-ring (bicyclic) bond motifs is 1. The van der Waals surface area contributed by atoms with E-state index in [1.165, 1.54) is 0 Å². The van der Waals surface area contributed by atoms with Crippen molar-refractivity contribution in [3.63, 3.8) is 0 Å². The minimum Gasteiger partial charge on any atom is -0.402 e. The molecule has 134 valence electrons. The van der Waals surface area contributed by atoms with Crippen LogP contribution in [0.5, 0.6) is 0 Å². The Bertz CT molecular complexity index is 1040. The fraction of sp³-hybridized carbons (Fsp3) is 0.250. The molecule has 0 aromatic carbocycles. The molecule has 10 nitrogen and oxygen atoms in total. The maximum Gasteiger partial charge on any atom is 0.285 e. The lowest BCUT2D eigenvalue weighted by Crippen LogP contribution is -2.15. The second-order valence-corrected chi connectivity index (χ2v) is 5.69. The van der Waals surface area contributed by atoms with Gasteiger partial charge >= 0.3 is 0 Å². The predicted molar refractivity (Wildman–Crippen MR) is 96.6 cm³/mol. The molecule has 5 N–H and O–H groups in total. The molecule has 3 aromatic rings. The first-order valence-corrected chi connectivity index (χ1v) is 7.96. The molecule has 0 radical (unpaired) electrons. The molecular formula is C16H19N9O. The van der Waals surface area contributed by atoms with Gasteiger partial charge in [-0.2, -0.15) is 5.10 Å². The molecule has 0 fully saturated rings. The summed E-state index contributed by atoms with van der Waals surface area (Å²) in [6.07, 6.45) is 4.99. The van der Waals surface area contributed by atoms with Crippen LogP contribution in [-0.4, -0.2) is 47.7 Å². The molecule has 3 aromatic heterocycles. The smallest absolute Gasteiger partial charge is 0.285 e. The number of aromatic nitrogens is 6. The van der Waals surface area contributed by atoms with Gasteiger partial charge in [-0.1, -0.05) is 0 Å². The molecule has 0 bridgehead atoms. The second-order valence-electron chi connectivity index (χ2n) is 5.69. The van der Waals surface area contributed by atoms with Gasteiger partial charge in [0.2, 0.25) is 5.82 Å². The Morgan fingerprint density at radius 2 is 2.15 bits per heavy atom. The van der Waals surface area contributed by atoms with E-state index in [0.717, 1.165) is 5.69 Å². The Hall–Kier alpha value is -3.56. The summed E-state index contributed by atoms with van der Waals surface area (Å²) in [6.45, 7) is 6.04. The summed E-state index contributed by atoms with van der Waals surface area (Å²) < 4.78 is 1.59. The van der Waals surface area contributed by atoms with Crippen LogP contribution < -0.4 is 11.5 Å². The van der Waals surface area contributed by atoms with Crippen LogP contribution in [0, 0.1) is 6.92 Å². The summed E-state index contributed by atoms with van der Waals surface area (Å²) >= 11 is 0. The zero-order chi connectivity index (χ0) is 18.8. The number of primary amides is 1. The first kappa shape index (κ1) is 17.3. The van der Waals surface area contributed by atoms with E-state index in [9.17, 15) is 4.79 Å². The number of aryl methyl sites for hydroxylation is 1. The lowest BCUT2D eigenvalue weighted by atomic mass is 10.3. The highest BCUT2D eigenvalue weighted by atomic mass is 16.1. The number of nitrogens with zero attached hydrogens (tertiary/aromatic N) is 6. The van der Waals surface area contributed by atoms with Gasteiger partial charge in [0.1, 0.15) is 11.4 Å². The molecule has 26 heavy (non-hydrogen) atoms. The van der Waals surface area contributed by atoms with Crippen LogP contribution in [0.1, 0.15) is 36.0 Å². The van der Waals surface area contributed by atoms with E-state index in [0.29, 0.717) is 40.8 Å². The Balaban J connectivity index is 2.14. The van der Waals surface area contributed by atoms with Crippen molar-refractivity contribution in [2.75, 3.05) is 6.54 Å². The molecule has 10 heteroatoms. The Kier molecular flexibility index (Phi) is 4.48. The van der Waals surface area contributed by atoms with Crippen molar-refractivity contribution < 1.29 is 4.79 Å². The normalized spacial score (nSPS) is 12.7. The third kappa shape index (κ3) is 3.16. The number of carbonyl (C=O) groups is 1. The van der Waals surface area contributed by atoms with E-state index in [1.807, 2.05) is 13.8 Å². The molecule has 0 spiro atoms. The number of nitrogens with one attached hydrogen (secondary N) is 1. The Labute approximate surface area is 149 Å². The Morgan fingerprint density at radius 1 is 1.38 bits per heavy atom. The molecule has 0 aliphatic rings. The van der Waals surface area contributed by atoms with Crippen molar-refractivity contribution in [3.8, 4) is 11.5 Å². The molecule has 3 rings (SSSR count). The lowest BCUT2D eigenvalue weighted by molar-refractivity contribution is 0.0990. The van der Waals surface area contributed by atoms with Crippen molar-refractivity contribution in [1.29, 1.82) is 0 Å². The number of amides is 1. The molecule has 0 saturated carbocycles. The summed E-state index contributed by atoms with van der Waals surface area (Å²) in [4.78, 5) is 29.1. The number of aliphatic imine (C=N–C) groups is 1. The highest BCUT2D eigenvalue weighted by Crippen LogP contribution is 2.22. The van der Waals surface area contributed by atoms with E-state index in [1.54, 1.807) is 29.8 Å². The van der Waals surface area contributed by atoms with Crippen molar-refractivity contribution in [3.05, 3.63) is 41.5 Å². The van der Waals surface area contributed by atoms with Gasteiger partial charge in [0.15, 0.2) is 11.6 Å². The monoisotopic (exact) mass is 353 g/mol. The SMILES string of the molecule is CCN=C(/C=C(/C)N)c1n[nH]c(-c2nc(C(N)=O)n3cc(C)ncc23)n1. The average Bonchev–Trinajstić information content (AvgIpc) is 3.18. The zero-order valence-electron chi connectivity index (χ0n) is 14.7. The first-order chi connectivity index (χ1) is 12.4. The highest BCUT2D eigenvalue weighted by Gasteiger charge is 2.20. The second kappa shape index (κ2) is 6.75. The standard InChI is InChI=1S/C16H19N9O/c1-4-19-10(5-8(2)17)14-22-15(24-23-14)12-11-6-20-9(3)7-25(11)16(21-12)13(18)26/h5-7H,4,17H2,1-3H3,(H2,18,26)(H,22,23,24)/b8-5-,19-10?. The summed E-state index contributed by atoms with van der Waals surface area (Å²) in [5.41, 5.74) is 14.1. The van der Waals surface area contributed by atoms with Gasteiger partial charge in [0, 0.05) is 18.4 Å². The highest BCUT2D eigenvalue weighted by molar-refractivity contribution is 6.06. The fourth-order valence-electron chi connectivity index (χ4n) is 2.48. The summed E-state index contributed by atoms with van der Waals surface area (Å²) in [7, 11) is 0. The van der Waals surface area contributed by atoms with Crippen LogP contribution in [0.4, 0.5) is 0 Å². The van der Waals surface area contributed by atoms with Crippen LogP contribution in [0.3, 0.4) is 0 Å². The largest absolute Gasteiger partial charge is 0.402 e.